The highest BCUT2D eigenvalue weighted by Crippen LogP contribution is 2.32. The van der Waals surface area contributed by atoms with Gasteiger partial charge < -0.3 is 14.8 Å². The van der Waals surface area contributed by atoms with Crippen LogP contribution in [0.1, 0.15) is 18.5 Å². The number of hydrogen-bond donors (Lipinski definition) is 1. The highest BCUT2D eigenvalue weighted by Gasteiger charge is 2.16. The first-order chi connectivity index (χ1) is 9.74. The van der Waals surface area contributed by atoms with E-state index in [4.69, 9.17) is 9.47 Å². The van der Waals surface area contributed by atoms with Crippen molar-refractivity contribution in [3.05, 3.63) is 42.2 Å². The molecule has 1 aliphatic rings. The van der Waals surface area contributed by atoms with Crippen LogP contribution in [-0.4, -0.2) is 22.5 Å². The van der Waals surface area contributed by atoms with E-state index in [1.54, 1.807) is 23.1 Å². The summed E-state index contributed by atoms with van der Waals surface area (Å²) in [5.41, 5.74) is 0.968. The summed E-state index contributed by atoms with van der Waals surface area (Å²) in [4.78, 5) is 12.0. The van der Waals surface area contributed by atoms with Gasteiger partial charge in [0.05, 0.1) is 0 Å². The van der Waals surface area contributed by atoms with Crippen molar-refractivity contribution < 1.29 is 14.3 Å². The molecule has 3 rings (SSSR count). The van der Waals surface area contributed by atoms with E-state index < -0.39 is 0 Å². The molecule has 1 aromatic heterocycles. The van der Waals surface area contributed by atoms with Crippen LogP contribution in [0.15, 0.2) is 36.7 Å². The molecule has 0 fully saturated rings. The number of carbonyl (C=O) groups excluding carboxylic acids is 1. The van der Waals surface area contributed by atoms with Crippen LogP contribution in [0.5, 0.6) is 11.5 Å². The third-order valence-corrected chi connectivity index (χ3v) is 3.20. The van der Waals surface area contributed by atoms with Gasteiger partial charge in [0, 0.05) is 18.9 Å². The van der Waals surface area contributed by atoms with Crippen molar-refractivity contribution in [1.29, 1.82) is 0 Å². The highest BCUT2D eigenvalue weighted by molar-refractivity contribution is 5.79. The van der Waals surface area contributed by atoms with Crippen LogP contribution in [0.3, 0.4) is 0 Å². The Morgan fingerprint density at radius 2 is 2.30 bits per heavy atom. The summed E-state index contributed by atoms with van der Waals surface area (Å²) in [5, 5.41) is 6.94. The van der Waals surface area contributed by atoms with Crippen molar-refractivity contribution in [1.82, 2.24) is 15.1 Å². The first-order valence-electron chi connectivity index (χ1n) is 6.39. The van der Waals surface area contributed by atoms with E-state index in [1.165, 1.54) is 0 Å². The Bertz CT molecular complexity index is 610. The lowest BCUT2D eigenvalue weighted by Gasteiger charge is -2.12. The van der Waals surface area contributed by atoms with E-state index in [0.29, 0.717) is 6.54 Å². The predicted molar refractivity (Wildman–Crippen MR) is 71.3 cm³/mol. The van der Waals surface area contributed by atoms with Crippen molar-refractivity contribution in [2.75, 3.05) is 6.79 Å². The summed E-state index contributed by atoms with van der Waals surface area (Å²) < 4.78 is 12.2. The minimum absolute atomic E-state index is 0.0774. The Balaban J connectivity index is 1.60. The van der Waals surface area contributed by atoms with Crippen LogP contribution in [-0.2, 0) is 11.3 Å². The Morgan fingerprint density at radius 1 is 1.45 bits per heavy atom. The third kappa shape index (κ3) is 2.45. The fourth-order valence-electron chi connectivity index (χ4n) is 2.02. The van der Waals surface area contributed by atoms with Gasteiger partial charge >= 0.3 is 0 Å². The molecule has 6 nitrogen and oxygen atoms in total. The number of rotatable bonds is 4. The first kappa shape index (κ1) is 12.5. The molecule has 6 heteroatoms. The number of amides is 1. The normalized spacial score (nSPS) is 14.1. The largest absolute Gasteiger partial charge is 0.454 e. The quantitative estimate of drug-likeness (QED) is 0.916. The number of benzene rings is 1. The second-order valence-corrected chi connectivity index (χ2v) is 4.57. The lowest BCUT2D eigenvalue weighted by molar-refractivity contribution is -0.124. The average molecular weight is 273 g/mol. The van der Waals surface area contributed by atoms with Crippen LogP contribution in [0.2, 0.25) is 0 Å². The maximum atomic E-state index is 12.0. The molecule has 1 N–H and O–H groups in total. The Hall–Kier alpha value is -2.50. The summed E-state index contributed by atoms with van der Waals surface area (Å²) in [7, 11) is 0. The topological polar surface area (TPSA) is 65.4 Å². The van der Waals surface area contributed by atoms with Crippen molar-refractivity contribution in [2.24, 2.45) is 0 Å². The predicted octanol–water partition coefficient (Wildman–Crippen LogP) is 1.49. The Morgan fingerprint density at radius 3 is 3.10 bits per heavy atom. The van der Waals surface area contributed by atoms with Crippen molar-refractivity contribution in [3.63, 3.8) is 0 Å². The zero-order valence-electron chi connectivity index (χ0n) is 11.1. The Kier molecular flexibility index (Phi) is 3.28. The minimum Gasteiger partial charge on any atom is -0.454 e. The molecule has 1 aliphatic heterocycles. The summed E-state index contributed by atoms with van der Waals surface area (Å²) in [5.74, 6) is 1.38. The van der Waals surface area contributed by atoms with Gasteiger partial charge in [-0.05, 0) is 30.7 Å². The van der Waals surface area contributed by atoms with Gasteiger partial charge in [0.2, 0.25) is 12.7 Å². The molecular formula is C14H15N3O3. The van der Waals surface area contributed by atoms with E-state index in [9.17, 15) is 4.79 Å². The molecule has 2 heterocycles. The second-order valence-electron chi connectivity index (χ2n) is 4.57. The zero-order chi connectivity index (χ0) is 13.9. The lowest BCUT2D eigenvalue weighted by atomic mass is 10.2. The smallest absolute Gasteiger partial charge is 0.244 e. The molecule has 0 saturated heterocycles. The molecule has 0 radical (unpaired) electrons. The minimum atomic E-state index is -0.334. The van der Waals surface area contributed by atoms with Crippen LogP contribution in [0, 0.1) is 0 Å². The molecule has 0 spiro atoms. The van der Waals surface area contributed by atoms with Crippen LogP contribution in [0.4, 0.5) is 0 Å². The van der Waals surface area contributed by atoms with Gasteiger partial charge in [0.25, 0.3) is 0 Å². The number of fused-ring (bicyclic) bond motifs is 1. The molecule has 1 amide bonds. The van der Waals surface area contributed by atoms with Crippen molar-refractivity contribution in [3.8, 4) is 11.5 Å². The second kappa shape index (κ2) is 5.24. The fraction of sp³-hybridized carbons (Fsp3) is 0.286. The van der Waals surface area contributed by atoms with E-state index in [2.05, 4.69) is 10.4 Å². The zero-order valence-corrected chi connectivity index (χ0v) is 11.1. The number of nitrogens with one attached hydrogen (secondary N) is 1. The van der Waals surface area contributed by atoms with Gasteiger partial charge in [-0.1, -0.05) is 6.07 Å². The van der Waals surface area contributed by atoms with Gasteiger partial charge in [-0.25, -0.2) is 0 Å². The van der Waals surface area contributed by atoms with Crippen LogP contribution < -0.4 is 14.8 Å². The number of ether oxygens (including phenoxy) is 2. The van der Waals surface area contributed by atoms with Gasteiger partial charge in [-0.2, -0.15) is 5.10 Å². The van der Waals surface area contributed by atoms with E-state index in [1.807, 2.05) is 25.1 Å². The maximum Gasteiger partial charge on any atom is 0.244 e. The number of aromatic nitrogens is 2. The van der Waals surface area contributed by atoms with Crippen LogP contribution in [0.25, 0.3) is 0 Å². The fourth-order valence-corrected chi connectivity index (χ4v) is 2.02. The van der Waals surface area contributed by atoms with E-state index >= 15 is 0 Å². The van der Waals surface area contributed by atoms with Gasteiger partial charge in [-0.3, -0.25) is 9.48 Å². The third-order valence-electron chi connectivity index (χ3n) is 3.20. The van der Waals surface area contributed by atoms with Gasteiger partial charge in [0.15, 0.2) is 11.5 Å². The summed E-state index contributed by atoms with van der Waals surface area (Å²) in [6, 6.07) is 7.09. The Labute approximate surface area is 116 Å². The monoisotopic (exact) mass is 273 g/mol. The van der Waals surface area contributed by atoms with Gasteiger partial charge in [0.1, 0.15) is 6.04 Å². The molecule has 0 saturated carbocycles. The molecule has 1 aromatic carbocycles. The van der Waals surface area contributed by atoms with Crippen molar-refractivity contribution in [2.45, 2.75) is 19.5 Å². The molecule has 0 aliphatic carbocycles. The van der Waals surface area contributed by atoms with Crippen molar-refractivity contribution >= 4 is 5.91 Å². The first-order valence-corrected chi connectivity index (χ1v) is 6.39. The highest BCUT2D eigenvalue weighted by atomic mass is 16.7. The number of nitrogens with zero attached hydrogens (tertiary/aromatic N) is 2. The average Bonchev–Trinajstić information content (AvgIpc) is 3.13. The standard InChI is InChI=1S/C14H15N3O3/c1-10(17-6-2-5-16-17)14(18)15-8-11-3-4-12-13(7-11)20-9-19-12/h2-7,10H,8-9H2,1H3,(H,15,18)/t10-/m1/s1. The molecule has 1 atom stereocenters. The van der Waals surface area contributed by atoms with E-state index in [-0.39, 0.29) is 18.7 Å². The maximum absolute atomic E-state index is 12.0. The summed E-state index contributed by atoms with van der Waals surface area (Å²) in [6.07, 6.45) is 3.42. The van der Waals surface area contributed by atoms with Crippen LogP contribution >= 0.6 is 0 Å². The summed E-state index contributed by atoms with van der Waals surface area (Å²) in [6.45, 7) is 2.50. The molecule has 104 valence electrons. The lowest BCUT2D eigenvalue weighted by Crippen LogP contribution is -2.30. The SMILES string of the molecule is C[C@H](C(=O)NCc1ccc2c(c1)OCO2)n1cccn1. The molecule has 20 heavy (non-hydrogen) atoms. The number of hydrogen-bond acceptors (Lipinski definition) is 4. The number of carbonyl (C=O) groups is 1. The summed E-state index contributed by atoms with van der Waals surface area (Å²) >= 11 is 0. The molecular weight excluding hydrogens is 258 g/mol. The van der Waals surface area contributed by atoms with Gasteiger partial charge in [-0.15, -0.1) is 0 Å². The molecule has 0 unspecified atom stereocenters. The molecule has 0 bridgehead atoms. The molecule has 2 aromatic rings. The van der Waals surface area contributed by atoms with E-state index in [0.717, 1.165) is 17.1 Å².